The van der Waals surface area contributed by atoms with Crippen molar-refractivity contribution >= 4 is 17.1 Å². The molecule has 0 radical (unpaired) electrons. The summed E-state index contributed by atoms with van der Waals surface area (Å²) >= 11 is 0. The predicted octanol–water partition coefficient (Wildman–Crippen LogP) is 7.87. The van der Waals surface area contributed by atoms with Crippen LogP contribution in [0.5, 0.6) is 5.75 Å². The lowest BCUT2D eigenvalue weighted by Gasteiger charge is -2.26. The van der Waals surface area contributed by atoms with Gasteiger partial charge in [-0.2, -0.15) is 13.2 Å². The third-order valence-corrected chi connectivity index (χ3v) is 7.84. The number of aryl methyl sites for hydroxylation is 1. The van der Waals surface area contributed by atoms with Crippen molar-refractivity contribution in [2.45, 2.75) is 51.4 Å². The third-order valence-electron chi connectivity index (χ3n) is 7.84. The monoisotopic (exact) mass is 615 g/mol. The number of nitrogens with zero attached hydrogens (tertiary/aromatic N) is 2. The van der Waals surface area contributed by atoms with Crippen LogP contribution < -0.4 is 10.1 Å². The first-order valence-corrected chi connectivity index (χ1v) is 15.0. The topological polar surface area (TPSA) is 86.5 Å². The van der Waals surface area contributed by atoms with Gasteiger partial charge in [0.25, 0.3) is 0 Å². The molecule has 1 aliphatic carbocycles. The first kappa shape index (κ1) is 30.3. The van der Waals surface area contributed by atoms with Crippen molar-refractivity contribution in [1.29, 1.82) is 0 Å². The minimum atomic E-state index is -4.44. The molecule has 2 aromatic heterocycles. The minimum Gasteiger partial charge on any atom is -0.489 e. The Morgan fingerprint density at radius 3 is 2.64 bits per heavy atom. The van der Waals surface area contributed by atoms with E-state index in [0.29, 0.717) is 30.1 Å². The fourth-order valence-electron chi connectivity index (χ4n) is 5.55. The van der Waals surface area contributed by atoms with Gasteiger partial charge in [0.1, 0.15) is 23.6 Å². The Balaban J connectivity index is 1.05. The normalized spacial score (nSPS) is 14.7. The molecule has 0 bridgehead atoms. The Bertz CT molecular complexity index is 1800. The summed E-state index contributed by atoms with van der Waals surface area (Å²) in [5.41, 5.74) is 4.79. The Labute approximate surface area is 258 Å². The molecule has 10 heteroatoms. The van der Waals surface area contributed by atoms with Crippen LogP contribution in [-0.2, 0) is 30.4 Å². The van der Waals surface area contributed by atoms with Crippen molar-refractivity contribution in [3.8, 4) is 17.2 Å². The van der Waals surface area contributed by atoms with E-state index in [0.717, 1.165) is 72.5 Å². The van der Waals surface area contributed by atoms with Crippen molar-refractivity contribution in [2.75, 3.05) is 13.2 Å². The zero-order chi connectivity index (χ0) is 31.4. The lowest BCUT2D eigenvalue weighted by atomic mass is 9.91. The van der Waals surface area contributed by atoms with Gasteiger partial charge in [0, 0.05) is 17.3 Å². The zero-order valence-corrected chi connectivity index (χ0v) is 24.7. The SMILES string of the molecule is CCOC(=O)c1ccc2c(n1)CCCC2NCCc1ccccc1OCc1ccc(-c2nc3cc(C(F)(F)F)ccc3o2)cc1. The second-order valence-electron chi connectivity index (χ2n) is 10.9. The summed E-state index contributed by atoms with van der Waals surface area (Å²) in [7, 11) is 0. The van der Waals surface area contributed by atoms with Crippen LogP contribution in [0.4, 0.5) is 13.2 Å². The quantitative estimate of drug-likeness (QED) is 0.160. The van der Waals surface area contributed by atoms with E-state index < -0.39 is 17.7 Å². The Morgan fingerprint density at radius 1 is 1.02 bits per heavy atom. The fraction of sp³-hybridized carbons (Fsp3) is 0.286. The number of pyridine rings is 1. The molecule has 5 aromatic rings. The van der Waals surface area contributed by atoms with Crippen LogP contribution in [0.1, 0.15) is 64.2 Å². The lowest BCUT2D eigenvalue weighted by Crippen LogP contribution is -2.28. The van der Waals surface area contributed by atoms with E-state index in [1.165, 1.54) is 6.07 Å². The van der Waals surface area contributed by atoms with Gasteiger partial charge >= 0.3 is 12.1 Å². The summed E-state index contributed by atoms with van der Waals surface area (Å²) in [6, 6.07) is 22.5. The zero-order valence-electron chi connectivity index (χ0n) is 24.7. The first-order valence-electron chi connectivity index (χ1n) is 15.0. The summed E-state index contributed by atoms with van der Waals surface area (Å²) in [5.74, 6) is 0.662. The molecule has 0 fully saturated rings. The largest absolute Gasteiger partial charge is 0.489 e. The van der Waals surface area contributed by atoms with E-state index in [4.69, 9.17) is 13.9 Å². The van der Waals surface area contributed by atoms with E-state index in [1.807, 2.05) is 48.5 Å². The second kappa shape index (κ2) is 13.1. The number of aromatic nitrogens is 2. The van der Waals surface area contributed by atoms with Gasteiger partial charge < -0.3 is 19.2 Å². The standard InChI is InChI=1S/C35H32F3N3O4/c1-2-43-34(42)29-16-15-26-27(7-5-8-28(26)40-29)39-19-18-23-6-3-4-9-31(23)44-21-22-10-12-24(13-11-22)33-41-30-20-25(35(36,37)38)14-17-32(30)45-33/h3-4,6,9-17,20,27,39H,2,5,7-8,18-19,21H2,1H3. The summed E-state index contributed by atoms with van der Waals surface area (Å²) in [4.78, 5) is 20.9. The maximum Gasteiger partial charge on any atom is 0.416 e. The molecule has 7 nitrogen and oxygen atoms in total. The smallest absolute Gasteiger partial charge is 0.416 e. The molecule has 1 atom stereocenters. The number of nitrogens with one attached hydrogen (secondary N) is 1. The second-order valence-corrected chi connectivity index (χ2v) is 10.9. The van der Waals surface area contributed by atoms with Crippen LogP contribution in [0.2, 0.25) is 0 Å². The van der Waals surface area contributed by atoms with E-state index in [2.05, 4.69) is 21.4 Å². The van der Waals surface area contributed by atoms with Crippen LogP contribution in [0.3, 0.4) is 0 Å². The fourth-order valence-corrected chi connectivity index (χ4v) is 5.55. The number of para-hydroxylation sites is 1. The van der Waals surface area contributed by atoms with Gasteiger partial charge in [0.05, 0.1) is 12.2 Å². The highest BCUT2D eigenvalue weighted by Gasteiger charge is 2.31. The van der Waals surface area contributed by atoms with E-state index >= 15 is 0 Å². The van der Waals surface area contributed by atoms with Crippen molar-refractivity contribution < 1.29 is 31.9 Å². The molecule has 1 aliphatic rings. The van der Waals surface area contributed by atoms with Crippen LogP contribution in [0.25, 0.3) is 22.6 Å². The molecule has 0 spiro atoms. The molecule has 1 unspecified atom stereocenters. The average molecular weight is 616 g/mol. The number of halogens is 3. The van der Waals surface area contributed by atoms with Crippen molar-refractivity contribution in [3.63, 3.8) is 0 Å². The van der Waals surface area contributed by atoms with Gasteiger partial charge in [-0.25, -0.2) is 14.8 Å². The molecule has 0 saturated carbocycles. The molecule has 0 amide bonds. The maximum atomic E-state index is 13.1. The van der Waals surface area contributed by atoms with Gasteiger partial charge in [-0.1, -0.05) is 36.4 Å². The molecule has 0 saturated heterocycles. The Hall–Kier alpha value is -4.70. The molecule has 3 aromatic carbocycles. The Morgan fingerprint density at radius 2 is 1.84 bits per heavy atom. The summed E-state index contributed by atoms with van der Waals surface area (Å²) in [5, 5.41) is 3.66. The van der Waals surface area contributed by atoms with Gasteiger partial charge in [-0.15, -0.1) is 0 Å². The number of carbonyl (C=O) groups excluding carboxylic acids is 1. The number of ether oxygens (including phenoxy) is 2. The highest BCUT2D eigenvalue weighted by molar-refractivity contribution is 5.87. The predicted molar refractivity (Wildman–Crippen MR) is 163 cm³/mol. The molecule has 0 aliphatic heterocycles. The number of carbonyl (C=O) groups is 1. The van der Waals surface area contributed by atoms with E-state index in [9.17, 15) is 18.0 Å². The molecule has 2 heterocycles. The van der Waals surface area contributed by atoms with Gasteiger partial charge in [-0.3, -0.25) is 0 Å². The van der Waals surface area contributed by atoms with Gasteiger partial charge in [-0.05, 0) is 98.3 Å². The summed E-state index contributed by atoms with van der Waals surface area (Å²) in [6.45, 7) is 3.19. The number of benzene rings is 3. The van der Waals surface area contributed by atoms with Crippen LogP contribution >= 0.6 is 0 Å². The van der Waals surface area contributed by atoms with Crippen LogP contribution in [0, 0.1) is 0 Å². The third kappa shape index (κ3) is 7.01. The molecular formula is C35H32F3N3O4. The number of hydrogen-bond acceptors (Lipinski definition) is 7. The lowest BCUT2D eigenvalue weighted by molar-refractivity contribution is -0.137. The Kier molecular flexibility index (Phi) is 8.84. The molecule has 6 rings (SSSR count). The molecule has 232 valence electrons. The van der Waals surface area contributed by atoms with Crippen LogP contribution in [0.15, 0.2) is 83.3 Å². The van der Waals surface area contributed by atoms with Crippen molar-refractivity contribution in [1.82, 2.24) is 15.3 Å². The van der Waals surface area contributed by atoms with E-state index in [-0.39, 0.29) is 17.4 Å². The molecule has 1 N–H and O–H groups in total. The van der Waals surface area contributed by atoms with Crippen molar-refractivity contribution in [2.24, 2.45) is 0 Å². The first-order chi connectivity index (χ1) is 21.8. The minimum absolute atomic E-state index is 0.158. The number of esters is 1. The maximum absolute atomic E-state index is 13.1. The number of oxazole rings is 1. The molecular weight excluding hydrogens is 583 g/mol. The highest BCUT2D eigenvalue weighted by Crippen LogP contribution is 2.33. The molecule has 45 heavy (non-hydrogen) atoms. The number of rotatable bonds is 10. The number of hydrogen-bond donors (Lipinski definition) is 1. The van der Waals surface area contributed by atoms with Crippen molar-refractivity contribution in [3.05, 3.63) is 113 Å². The number of fused-ring (bicyclic) bond motifs is 2. The summed E-state index contributed by atoms with van der Waals surface area (Å²) in [6.07, 6.45) is -0.839. The van der Waals surface area contributed by atoms with E-state index in [1.54, 1.807) is 13.0 Å². The van der Waals surface area contributed by atoms with Crippen LogP contribution in [-0.4, -0.2) is 29.1 Å². The van der Waals surface area contributed by atoms with Gasteiger partial charge in [0.2, 0.25) is 5.89 Å². The average Bonchev–Trinajstić information content (AvgIpc) is 3.48. The summed E-state index contributed by atoms with van der Waals surface area (Å²) < 4.78 is 56.2. The van der Waals surface area contributed by atoms with Gasteiger partial charge in [0.15, 0.2) is 5.58 Å². The number of alkyl halides is 3. The highest BCUT2D eigenvalue weighted by atomic mass is 19.4.